The molecule has 6 aromatic heterocycles. The van der Waals surface area contributed by atoms with Gasteiger partial charge >= 0.3 is 0 Å². The number of hydrogen-bond acceptors (Lipinski definition) is 16. The van der Waals surface area contributed by atoms with Gasteiger partial charge in [0.15, 0.2) is 12.0 Å². The molecule has 6 heterocycles. The molecule has 13 nitrogen and oxygen atoms in total. The van der Waals surface area contributed by atoms with Gasteiger partial charge in [0.2, 0.25) is 0 Å². The quantitative estimate of drug-likeness (QED) is 0.0514. The highest BCUT2D eigenvalue weighted by Gasteiger charge is 2.17. The molecule has 0 saturated carbocycles. The first-order valence-electron chi connectivity index (χ1n) is 17.7. The SMILES string of the molecule is CN(CCO)c1cc2sc3cc(C=O)sc3c2s1.N#CCc1ccc(S(=O)(=O)O)cc1.[C-]#[N+]/C(=C\c1cc2sc3cc(N(C)CCO)sc3c2s1)c1ccc(S(=O)(=O)O)cc1. The lowest BCUT2D eigenvalue weighted by atomic mass is 10.1. The number of likely N-dealkylation sites (N-methyl/N-ethyl adjacent to an activating group) is 2. The Balaban J connectivity index is 0.000000170. The number of benzene rings is 2. The van der Waals surface area contributed by atoms with Crippen LogP contribution in [0.1, 0.15) is 25.7 Å². The van der Waals surface area contributed by atoms with Crippen LogP contribution >= 0.6 is 68.0 Å². The van der Waals surface area contributed by atoms with E-state index in [4.69, 9.17) is 31.2 Å². The van der Waals surface area contributed by atoms with E-state index in [1.807, 2.05) is 31.1 Å². The third-order valence-electron chi connectivity index (χ3n) is 8.75. The van der Waals surface area contributed by atoms with E-state index in [2.05, 4.69) is 27.9 Å². The molecule has 0 saturated heterocycles. The van der Waals surface area contributed by atoms with Gasteiger partial charge in [0.25, 0.3) is 20.2 Å². The Bertz CT molecular complexity index is 3180. The summed E-state index contributed by atoms with van der Waals surface area (Å²) in [6.07, 6.45) is 2.94. The zero-order chi connectivity index (χ0) is 44.1. The second-order valence-electron chi connectivity index (χ2n) is 12.9. The van der Waals surface area contributed by atoms with Crippen LogP contribution < -0.4 is 9.80 Å². The molecule has 0 bridgehead atoms. The lowest BCUT2D eigenvalue weighted by molar-refractivity contribution is 0.112. The first kappa shape index (κ1) is 45.9. The maximum absolute atomic E-state index is 11.2. The number of nitrogens with zero attached hydrogens (tertiary/aromatic N) is 4. The summed E-state index contributed by atoms with van der Waals surface area (Å²) >= 11 is 10.0. The molecule has 0 unspecified atom stereocenters. The summed E-state index contributed by atoms with van der Waals surface area (Å²) in [5.74, 6) is 0. The Morgan fingerprint density at radius 2 is 1.11 bits per heavy atom. The van der Waals surface area contributed by atoms with E-state index in [1.165, 1.54) is 81.4 Å². The number of nitriles is 1. The van der Waals surface area contributed by atoms with E-state index in [1.54, 1.807) is 74.1 Å². The highest BCUT2D eigenvalue weighted by molar-refractivity contribution is 7.86. The molecule has 61 heavy (non-hydrogen) atoms. The molecule has 0 spiro atoms. The van der Waals surface area contributed by atoms with Crippen molar-refractivity contribution >= 4 is 154 Å². The predicted octanol–water partition coefficient (Wildman–Crippen LogP) is 9.69. The molecule has 0 amide bonds. The monoisotopic (exact) mass is 970 g/mol. The summed E-state index contributed by atoms with van der Waals surface area (Å²) in [6, 6.07) is 21.4. The summed E-state index contributed by atoms with van der Waals surface area (Å²) in [5, 5.41) is 28.7. The number of carbonyl (C=O) groups excluding carboxylic acids is 1. The van der Waals surface area contributed by atoms with Crippen LogP contribution in [0, 0.1) is 17.9 Å². The van der Waals surface area contributed by atoms with Crippen molar-refractivity contribution < 1.29 is 40.9 Å². The fourth-order valence-electron chi connectivity index (χ4n) is 5.69. The molecule has 0 aliphatic carbocycles. The van der Waals surface area contributed by atoms with Crippen molar-refractivity contribution in [2.24, 2.45) is 0 Å². The number of hydrogen-bond donors (Lipinski definition) is 4. The van der Waals surface area contributed by atoms with Crippen LogP contribution in [0.2, 0.25) is 0 Å². The van der Waals surface area contributed by atoms with Crippen LogP contribution in [-0.2, 0) is 26.7 Å². The minimum Gasteiger partial charge on any atom is -0.395 e. The number of carbonyl (C=O) groups is 1. The van der Waals surface area contributed by atoms with E-state index < -0.39 is 20.2 Å². The van der Waals surface area contributed by atoms with Crippen LogP contribution in [0.4, 0.5) is 10.0 Å². The summed E-state index contributed by atoms with van der Waals surface area (Å²) in [7, 11) is -4.44. The topological polar surface area (TPSA) is 201 Å². The molecule has 4 N–H and O–H groups in total. The summed E-state index contributed by atoms with van der Waals surface area (Å²) in [4.78, 5) is 19.8. The van der Waals surface area contributed by atoms with Gasteiger partial charge in [-0.1, -0.05) is 24.3 Å². The van der Waals surface area contributed by atoms with Crippen molar-refractivity contribution in [1.29, 1.82) is 5.26 Å². The van der Waals surface area contributed by atoms with Gasteiger partial charge in [-0.3, -0.25) is 13.9 Å². The summed E-state index contributed by atoms with van der Waals surface area (Å²) in [6.45, 7) is 9.00. The zero-order valence-corrected chi connectivity index (χ0v) is 38.5. The van der Waals surface area contributed by atoms with Crippen LogP contribution in [0.3, 0.4) is 0 Å². The first-order valence-corrected chi connectivity index (χ1v) is 25.5. The van der Waals surface area contributed by atoms with Crippen molar-refractivity contribution in [3.8, 4) is 6.07 Å². The smallest absolute Gasteiger partial charge is 0.294 e. The average molecular weight is 971 g/mol. The molecule has 0 aliphatic rings. The highest BCUT2D eigenvalue weighted by Crippen LogP contribution is 2.47. The number of rotatable bonds is 12. The number of aliphatic hydroxyl groups excluding tert-OH is 2. The minimum absolute atomic E-state index is 0.107. The largest absolute Gasteiger partial charge is 0.395 e. The fourth-order valence-corrected chi connectivity index (χ4v) is 14.4. The Hall–Kier alpha value is -4.59. The molecule has 0 atom stereocenters. The molecule has 8 aromatic rings. The molecule has 0 aliphatic heterocycles. The van der Waals surface area contributed by atoms with Gasteiger partial charge in [-0.2, -0.15) is 22.1 Å². The van der Waals surface area contributed by atoms with Crippen LogP contribution in [0.15, 0.2) is 82.6 Å². The molecule has 0 fully saturated rings. The van der Waals surface area contributed by atoms with Gasteiger partial charge in [0.1, 0.15) is 0 Å². The second kappa shape index (κ2) is 19.6. The van der Waals surface area contributed by atoms with Crippen LogP contribution in [0.25, 0.3) is 54.2 Å². The fraction of sp³-hybridized carbons (Fsp3) is 0.175. The Kier molecular flexibility index (Phi) is 14.8. The van der Waals surface area contributed by atoms with E-state index in [0.717, 1.165) is 36.3 Å². The summed E-state index contributed by atoms with van der Waals surface area (Å²) in [5.41, 5.74) is 1.70. The third kappa shape index (κ3) is 10.9. The number of anilines is 2. The van der Waals surface area contributed by atoms with E-state index >= 15 is 0 Å². The Morgan fingerprint density at radius 1 is 0.689 bits per heavy atom. The lowest BCUT2D eigenvalue weighted by Gasteiger charge is -2.14. The van der Waals surface area contributed by atoms with Crippen LogP contribution in [0.5, 0.6) is 0 Å². The van der Waals surface area contributed by atoms with E-state index in [9.17, 15) is 21.6 Å². The Morgan fingerprint density at radius 3 is 1.54 bits per heavy atom. The van der Waals surface area contributed by atoms with E-state index in [0.29, 0.717) is 24.4 Å². The number of fused-ring (bicyclic) bond motifs is 6. The molecular weight excluding hydrogens is 937 g/mol. The lowest BCUT2D eigenvalue weighted by Crippen LogP contribution is -2.19. The molecule has 0 radical (unpaired) electrons. The Labute approximate surface area is 374 Å². The minimum atomic E-state index is -4.26. The van der Waals surface area contributed by atoms with Gasteiger partial charge in [-0.25, -0.2) is 4.85 Å². The predicted molar refractivity (Wildman–Crippen MR) is 253 cm³/mol. The normalized spacial score (nSPS) is 11.8. The third-order valence-corrected chi connectivity index (χ3v) is 18.1. The number of thiophene rings is 6. The van der Waals surface area contributed by atoms with Crippen molar-refractivity contribution in [2.45, 2.75) is 16.2 Å². The standard InChI is InChI=1S/C20H16N2O4S4.C12H11NO2S3.C8H7NO3S/c1-21-15(12-3-5-14(6-4-12)30(24,25)26)9-13-10-16-19(27-13)20-17(28-16)11-18(29-20)22(2)7-8-23;1-13(2-3-14)10-5-9-12(18-10)11-8(17-9)4-7(6-15)16-11;9-6-5-7-1-3-8(4-2-7)13(10,11)12/h3-6,9-11,23H,7-8H2,2H3,(H,24,25,26);4-6,14H,2-3H2,1H3;1-4H,5H2,(H,10,11,12)/b15-9-;;. The molecule has 8 rings (SSSR count). The van der Waals surface area contributed by atoms with Gasteiger partial charge in [0, 0.05) is 50.9 Å². The summed E-state index contributed by atoms with van der Waals surface area (Å²) < 4.78 is 71.0. The van der Waals surface area contributed by atoms with Gasteiger partial charge in [0.05, 0.1) is 75.7 Å². The molecular formula is C40H34N4O9S8. The van der Waals surface area contributed by atoms with Crippen LogP contribution in [-0.4, -0.2) is 82.8 Å². The van der Waals surface area contributed by atoms with Gasteiger partial charge in [-0.05, 0) is 65.7 Å². The van der Waals surface area contributed by atoms with Gasteiger partial charge in [-0.15, -0.1) is 68.0 Å². The average Bonchev–Trinajstić information content (AvgIpc) is 4.07. The number of aldehydes is 1. The molecule has 316 valence electrons. The highest BCUT2D eigenvalue weighted by atomic mass is 32.2. The molecule has 21 heteroatoms. The van der Waals surface area contributed by atoms with Gasteiger partial charge < -0.3 is 20.0 Å². The zero-order valence-electron chi connectivity index (χ0n) is 32.0. The first-order chi connectivity index (χ1) is 29.1. The maximum Gasteiger partial charge on any atom is 0.294 e. The maximum atomic E-state index is 11.2. The van der Waals surface area contributed by atoms with E-state index in [-0.39, 0.29) is 29.4 Å². The van der Waals surface area contributed by atoms with Crippen molar-refractivity contribution in [1.82, 2.24) is 0 Å². The number of aliphatic hydroxyl groups is 2. The second-order valence-corrected chi connectivity index (χ2v) is 22.2. The van der Waals surface area contributed by atoms with Crippen molar-refractivity contribution in [2.75, 3.05) is 50.2 Å². The van der Waals surface area contributed by atoms with Crippen molar-refractivity contribution in [3.63, 3.8) is 0 Å². The molecule has 2 aromatic carbocycles. The van der Waals surface area contributed by atoms with Crippen molar-refractivity contribution in [3.05, 3.63) is 105 Å².